The first-order valence-corrected chi connectivity index (χ1v) is 5.51. The highest BCUT2D eigenvalue weighted by Gasteiger charge is 2.09. The van der Waals surface area contributed by atoms with E-state index in [-0.39, 0.29) is 0 Å². The number of nitrogens with zero attached hydrogens (tertiary/aromatic N) is 1. The standard InChI is InChI=1S/C10H12N2OS/c1-2-11-5-9-10(13-7-12-9)8-3-4-14-6-8/h3-4,6-7,11H,2,5H2,1H3. The largest absolute Gasteiger partial charge is 0.443 e. The molecule has 2 heterocycles. The molecule has 14 heavy (non-hydrogen) atoms. The molecular weight excluding hydrogens is 196 g/mol. The Bertz CT molecular complexity index is 380. The van der Waals surface area contributed by atoms with Crippen molar-refractivity contribution in [3.8, 4) is 11.3 Å². The monoisotopic (exact) mass is 208 g/mol. The van der Waals surface area contributed by atoms with Gasteiger partial charge in [0.1, 0.15) is 5.69 Å². The van der Waals surface area contributed by atoms with Gasteiger partial charge >= 0.3 is 0 Å². The molecule has 74 valence electrons. The van der Waals surface area contributed by atoms with Crippen LogP contribution in [0.1, 0.15) is 12.6 Å². The second-order valence-electron chi connectivity index (χ2n) is 2.92. The smallest absolute Gasteiger partial charge is 0.181 e. The van der Waals surface area contributed by atoms with Crippen molar-refractivity contribution >= 4 is 11.3 Å². The van der Waals surface area contributed by atoms with Crippen molar-refractivity contribution < 1.29 is 4.42 Å². The van der Waals surface area contributed by atoms with E-state index in [0.29, 0.717) is 0 Å². The van der Waals surface area contributed by atoms with Crippen LogP contribution in [0, 0.1) is 0 Å². The predicted molar refractivity (Wildman–Crippen MR) is 57.2 cm³/mol. The summed E-state index contributed by atoms with van der Waals surface area (Å²) in [5.41, 5.74) is 2.09. The van der Waals surface area contributed by atoms with E-state index < -0.39 is 0 Å². The number of rotatable bonds is 4. The van der Waals surface area contributed by atoms with Crippen LogP contribution in [0.5, 0.6) is 0 Å². The van der Waals surface area contributed by atoms with Crippen molar-refractivity contribution in [2.45, 2.75) is 13.5 Å². The van der Waals surface area contributed by atoms with Gasteiger partial charge in [-0.3, -0.25) is 0 Å². The van der Waals surface area contributed by atoms with Crippen molar-refractivity contribution in [3.05, 3.63) is 28.9 Å². The van der Waals surface area contributed by atoms with Gasteiger partial charge in [-0.2, -0.15) is 11.3 Å². The molecule has 0 unspecified atom stereocenters. The van der Waals surface area contributed by atoms with Crippen molar-refractivity contribution in [1.29, 1.82) is 0 Å². The van der Waals surface area contributed by atoms with Crippen molar-refractivity contribution in [2.24, 2.45) is 0 Å². The molecule has 2 aromatic rings. The summed E-state index contributed by atoms with van der Waals surface area (Å²) in [5.74, 6) is 0.882. The van der Waals surface area contributed by atoms with Crippen LogP contribution >= 0.6 is 11.3 Å². The first kappa shape index (κ1) is 9.43. The van der Waals surface area contributed by atoms with E-state index in [4.69, 9.17) is 4.42 Å². The first-order valence-electron chi connectivity index (χ1n) is 4.57. The van der Waals surface area contributed by atoms with E-state index in [1.165, 1.54) is 6.39 Å². The van der Waals surface area contributed by atoms with Crippen LogP contribution in [-0.2, 0) is 6.54 Å². The molecule has 0 bridgehead atoms. The van der Waals surface area contributed by atoms with Crippen molar-refractivity contribution in [2.75, 3.05) is 6.54 Å². The molecular formula is C10H12N2OS. The summed E-state index contributed by atoms with van der Waals surface area (Å²) in [4.78, 5) is 4.19. The molecule has 0 aliphatic carbocycles. The highest BCUT2D eigenvalue weighted by Crippen LogP contribution is 2.24. The summed E-state index contributed by atoms with van der Waals surface area (Å²) in [5, 5.41) is 7.34. The van der Waals surface area contributed by atoms with E-state index in [1.807, 2.05) is 11.4 Å². The summed E-state index contributed by atoms with van der Waals surface area (Å²) < 4.78 is 5.36. The Morgan fingerprint density at radius 1 is 1.57 bits per heavy atom. The predicted octanol–water partition coefficient (Wildman–Crippen LogP) is 2.51. The fourth-order valence-corrected chi connectivity index (χ4v) is 1.90. The molecule has 0 fully saturated rings. The molecule has 3 nitrogen and oxygen atoms in total. The summed E-state index contributed by atoms with van der Waals surface area (Å²) in [7, 11) is 0. The van der Waals surface area contributed by atoms with Gasteiger partial charge in [-0.1, -0.05) is 6.92 Å². The van der Waals surface area contributed by atoms with Crippen LogP contribution in [0.25, 0.3) is 11.3 Å². The minimum atomic E-state index is 0.762. The molecule has 0 saturated heterocycles. The zero-order valence-electron chi connectivity index (χ0n) is 7.99. The Kier molecular flexibility index (Phi) is 2.96. The Labute approximate surface area is 86.8 Å². The Morgan fingerprint density at radius 2 is 2.50 bits per heavy atom. The fourth-order valence-electron chi connectivity index (χ4n) is 1.27. The van der Waals surface area contributed by atoms with Gasteiger partial charge in [0.2, 0.25) is 0 Å². The average Bonchev–Trinajstić information content (AvgIpc) is 2.84. The minimum Gasteiger partial charge on any atom is -0.443 e. The van der Waals surface area contributed by atoms with Crippen LogP contribution in [0.3, 0.4) is 0 Å². The van der Waals surface area contributed by atoms with Gasteiger partial charge in [0.15, 0.2) is 12.2 Å². The van der Waals surface area contributed by atoms with Gasteiger partial charge in [-0.05, 0) is 18.0 Å². The van der Waals surface area contributed by atoms with Gasteiger partial charge in [0, 0.05) is 17.5 Å². The maximum atomic E-state index is 5.36. The maximum absolute atomic E-state index is 5.36. The summed E-state index contributed by atoms with van der Waals surface area (Å²) in [6.45, 7) is 3.78. The van der Waals surface area contributed by atoms with Crippen LogP contribution < -0.4 is 5.32 Å². The normalized spacial score (nSPS) is 10.6. The molecule has 1 N–H and O–H groups in total. The van der Waals surface area contributed by atoms with Crippen molar-refractivity contribution in [3.63, 3.8) is 0 Å². The molecule has 0 spiro atoms. The molecule has 0 aliphatic heterocycles. The molecule has 0 aromatic carbocycles. The van der Waals surface area contributed by atoms with E-state index in [2.05, 4.69) is 22.6 Å². The van der Waals surface area contributed by atoms with Gasteiger partial charge in [-0.25, -0.2) is 4.98 Å². The molecule has 0 atom stereocenters. The molecule has 0 aliphatic rings. The Hall–Kier alpha value is -1.13. The first-order chi connectivity index (χ1) is 6.92. The topological polar surface area (TPSA) is 38.1 Å². The lowest BCUT2D eigenvalue weighted by Crippen LogP contribution is -2.12. The number of aromatic nitrogens is 1. The SMILES string of the molecule is CCNCc1ncoc1-c1ccsc1. The third-order valence-corrected chi connectivity index (χ3v) is 2.65. The fraction of sp³-hybridized carbons (Fsp3) is 0.300. The van der Waals surface area contributed by atoms with Crippen LogP contribution in [0.2, 0.25) is 0 Å². The van der Waals surface area contributed by atoms with E-state index in [9.17, 15) is 0 Å². The Morgan fingerprint density at radius 3 is 3.21 bits per heavy atom. The third-order valence-electron chi connectivity index (χ3n) is 1.97. The second kappa shape index (κ2) is 4.39. The lowest BCUT2D eigenvalue weighted by Gasteiger charge is -1.99. The van der Waals surface area contributed by atoms with Gasteiger partial charge in [0.05, 0.1) is 0 Å². The molecule has 0 radical (unpaired) electrons. The zero-order chi connectivity index (χ0) is 9.80. The highest BCUT2D eigenvalue weighted by atomic mass is 32.1. The van der Waals surface area contributed by atoms with Crippen LogP contribution in [0.4, 0.5) is 0 Å². The van der Waals surface area contributed by atoms with Crippen molar-refractivity contribution in [1.82, 2.24) is 10.3 Å². The molecule has 0 saturated carbocycles. The number of hydrogen-bond donors (Lipinski definition) is 1. The Balaban J connectivity index is 2.22. The second-order valence-corrected chi connectivity index (χ2v) is 3.70. The number of hydrogen-bond acceptors (Lipinski definition) is 4. The molecule has 2 aromatic heterocycles. The number of nitrogens with one attached hydrogen (secondary N) is 1. The van der Waals surface area contributed by atoms with Gasteiger partial charge in [0.25, 0.3) is 0 Å². The van der Waals surface area contributed by atoms with Crippen LogP contribution in [0.15, 0.2) is 27.6 Å². The summed E-state index contributed by atoms with van der Waals surface area (Å²) in [6, 6.07) is 2.04. The minimum absolute atomic E-state index is 0.762. The maximum Gasteiger partial charge on any atom is 0.181 e. The van der Waals surface area contributed by atoms with Gasteiger partial charge in [-0.15, -0.1) is 0 Å². The molecule has 0 amide bonds. The third kappa shape index (κ3) is 1.86. The summed E-state index contributed by atoms with van der Waals surface area (Å²) >= 11 is 1.66. The van der Waals surface area contributed by atoms with E-state index >= 15 is 0 Å². The summed E-state index contributed by atoms with van der Waals surface area (Å²) in [6.07, 6.45) is 1.50. The molecule has 2 rings (SSSR count). The highest BCUT2D eigenvalue weighted by molar-refractivity contribution is 7.08. The molecule has 4 heteroatoms. The number of thiophene rings is 1. The van der Waals surface area contributed by atoms with Gasteiger partial charge < -0.3 is 9.73 Å². The van der Waals surface area contributed by atoms with E-state index in [0.717, 1.165) is 30.1 Å². The number of oxazole rings is 1. The quantitative estimate of drug-likeness (QED) is 0.839. The lowest BCUT2D eigenvalue weighted by molar-refractivity contribution is 0.570. The van der Waals surface area contributed by atoms with Crippen LogP contribution in [-0.4, -0.2) is 11.5 Å². The zero-order valence-corrected chi connectivity index (χ0v) is 8.80. The van der Waals surface area contributed by atoms with E-state index in [1.54, 1.807) is 11.3 Å². The lowest BCUT2D eigenvalue weighted by atomic mass is 10.2. The average molecular weight is 208 g/mol.